The average Bonchev–Trinajstić information content (AvgIpc) is 2.53. The molecule has 2 atom stereocenters. The maximum absolute atomic E-state index is 6.66. The Kier molecular flexibility index (Phi) is 9.52. The van der Waals surface area contributed by atoms with E-state index >= 15 is 0 Å². The summed E-state index contributed by atoms with van der Waals surface area (Å²) in [6.07, 6.45) is 4.86. The van der Waals surface area contributed by atoms with E-state index in [1.807, 2.05) is 0 Å². The van der Waals surface area contributed by atoms with E-state index in [1.165, 1.54) is 25.7 Å². The minimum absolute atomic E-state index is 0.0511. The Labute approximate surface area is 179 Å². The van der Waals surface area contributed by atoms with Crippen molar-refractivity contribution in [3.63, 3.8) is 0 Å². The molecule has 0 saturated carbocycles. The van der Waals surface area contributed by atoms with Gasteiger partial charge in [-0.05, 0) is 0 Å². The van der Waals surface area contributed by atoms with Gasteiger partial charge in [0.05, 0.1) is 0 Å². The topological polar surface area (TPSA) is 43.4 Å². The number of rotatable bonds is 6. The Bertz CT molecular complexity index is 465. The molecular weight excluding hydrogens is 463 g/mol. The van der Waals surface area contributed by atoms with Crippen LogP contribution >= 0.6 is 0 Å². The molecule has 166 valence electrons. The van der Waals surface area contributed by atoms with E-state index in [1.54, 1.807) is 0 Å². The first-order valence-electron chi connectivity index (χ1n) is 11.3. The molecule has 2 aliphatic heterocycles. The standard InChI is InChI=1S/C11H23NO2.C10H21NO2.Sn/c1-5-6-7-12(8-10(2)13)9-11(3,4)14;1-4-5-6-11(7-8-12)9-10(2,3)13;/h10H,5-9H2,1-4H3;4-9H2,1-3H3;/q2*-2;+4. The molecule has 7 heteroatoms. The third-order valence-electron chi connectivity index (χ3n) is 5.21. The van der Waals surface area contributed by atoms with Crippen molar-refractivity contribution in [3.05, 3.63) is 0 Å². The molecule has 2 fully saturated rings. The molecule has 2 unspecified atom stereocenters. The minimum atomic E-state index is -4.17. The van der Waals surface area contributed by atoms with Gasteiger partial charge in [0.25, 0.3) is 0 Å². The van der Waals surface area contributed by atoms with Gasteiger partial charge in [-0.1, -0.05) is 0 Å². The third kappa shape index (κ3) is 8.00. The van der Waals surface area contributed by atoms with Crippen molar-refractivity contribution in [2.45, 2.75) is 91.5 Å². The van der Waals surface area contributed by atoms with Crippen LogP contribution < -0.4 is 0 Å². The second kappa shape index (κ2) is 10.7. The zero-order chi connectivity index (χ0) is 20.8. The maximum atomic E-state index is 6.66. The van der Waals surface area contributed by atoms with Gasteiger partial charge < -0.3 is 0 Å². The van der Waals surface area contributed by atoms with Crippen LogP contribution in [0.15, 0.2) is 0 Å². The Balaban J connectivity index is 2.14. The van der Waals surface area contributed by atoms with Crippen LogP contribution in [0.4, 0.5) is 0 Å². The van der Waals surface area contributed by atoms with Crippen molar-refractivity contribution >= 4 is 20.0 Å². The summed E-state index contributed by atoms with van der Waals surface area (Å²) in [6.45, 7) is 21.6. The van der Waals surface area contributed by atoms with Crippen LogP contribution in [-0.4, -0.2) is 93.0 Å². The van der Waals surface area contributed by atoms with Crippen molar-refractivity contribution in [2.24, 2.45) is 0 Å². The van der Waals surface area contributed by atoms with E-state index in [9.17, 15) is 0 Å². The molecule has 2 saturated heterocycles. The van der Waals surface area contributed by atoms with E-state index in [0.717, 1.165) is 39.3 Å². The molecule has 0 aromatic heterocycles. The Morgan fingerprint density at radius 3 is 2.00 bits per heavy atom. The van der Waals surface area contributed by atoms with Crippen LogP contribution in [0.5, 0.6) is 0 Å². The molecule has 1 spiro atoms. The second-order valence-electron chi connectivity index (χ2n) is 9.72. The Hall–Kier alpha value is 0.559. The summed E-state index contributed by atoms with van der Waals surface area (Å²) >= 11 is -4.17. The molecule has 0 radical (unpaired) electrons. The zero-order valence-electron chi connectivity index (χ0n) is 19.4. The summed E-state index contributed by atoms with van der Waals surface area (Å²) < 4.78 is 26.3. The quantitative estimate of drug-likeness (QED) is 0.512. The Morgan fingerprint density at radius 1 is 0.893 bits per heavy atom. The molecule has 0 bridgehead atoms. The summed E-state index contributed by atoms with van der Waals surface area (Å²) in [5.41, 5.74) is -0.692. The molecule has 0 aromatic rings. The van der Waals surface area contributed by atoms with Gasteiger partial charge in [0, 0.05) is 0 Å². The van der Waals surface area contributed by atoms with Gasteiger partial charge >= 0.3 is 179 Å². The van der Waals surface area contributed by atoms with Crippen molar-refractivity contribution in [2.75, 3.05) is 45.9 Å². The van der Waals surface area contributed by atoms with Crippen LogP contribution in [0.1, 0.15) is 74.1 Å². The number of nitrogens with zero attached hydrogens (tertiary/aromatic N) is 2. The molecule has 28 heavy (non-hydrogen) atoms. The summed E-state index contributed by atoms with van der Waals surface area (Å²) in [7, 11) is 0. The molecule has 6 nitrogen and oxygen atoms in total. The van der Waals surface area contributed by atoms with Crippen molar-refractivity contribution in [1.82, 2.24) is 9.80 Å². The molecule has 2 aliphatic rings. The second-order valence-corrected chi connectivity index (χ2v) is 15.2. The molecule has 0 aliphatic carbocycles. The van der Waals surface area contributed by atoms with Gasteiger partial charge in [0.15, 0.2) is 0 Å². The van der Waals surface area contributed by atoms with Crippen molar-refractivity contribution in [3.8, 4) is 0 Å². The van der Waals surface area contributed by atoms with E-state index in [-0.39, 0.29) is 17.3 Å². The van der Waals surface area contributed by atoms with E-state index in [2.05, 4.69) is 58.3 Å². The predicted molar refractivity (Wildman–Crippen MR) is 115 cm³/mol. The van der Waals surface area contributed by atoms with Crippen LogP contribution in [0.25, 0.3) is 0 Å². The molecule has 0 N–H and O–H groups in total. The summed E-state index contributed by atoms with van der Waals surface area (Å²) in [4.78, 5) is 4.92. The molecule has 0 amide bonds. The predicted octanol–water partition coefficient (Wildman–Crippen LogP) is 3.67. The van der Waals surface area contributed by atoms with Crippen LogP contribution in [0, 0.1) is 0 Å². The van der Waals surface area contributed by atoms with E-state index < -0.39 is 20.0 Å². The summed E-state index contributed by atoms with van der Waals surface area (Å²) in [5, 5.41) is 0. The number of hydrogen-bond acceptors (Lipinski definition) is 6. The van der Waals surface area contributed by atoms with Crippen LogP contribution in [-0.2, 0) is 12.3 Å². The molecule has 0 aromatic carbocycles. The van der Waals surface area contributed by atoms with Gasteiger partial charge in [-0.3, -0.25) is 0 Å². The fourth-order valence-corrected chi connectivity index (χ4v) is 11.9. The SMILES string of the molecule is CCCCN1CC[O][Sn]2([O]C(C)CN(CCCC)CC(C)(C)[O]2)[O]C(C)(C)C1. The summed E-state index contributed by atoms with van der Waals surface area (Å²) in [5.74, 6) is 0. The molecule has 2 heterocycles. The third-order valence-corrected chi connectivity index (χ3v) is 13.4. The van der Waals surface area contributed by atoms with E-state index in [4.69, 9.17) is 12.3 Å². The average molecular weight is 507 g/mol. The fraction of sp³-hybridized carbons (Fsp3) is 1.00. The molecule has 2 rings (SSSR count). The monoisotopic (exact) mass is 508 g/mol. The van der Waals surface area contributed by atoms with Gasteiger partial charge in [-0.25, -0.2) is 0 Å². The molecular formula is C21H44N2O4Sn. The normalized spacial score (nSPS) is 32.5. The first kappa shape index (κ1) is 24.8. The van der Waals surface area contributed by atoms with Crippen molar-refractivity contribution < 1.29 is 12.3 Å². The first-order valence-corrected chi connectivity index (χ1v) is 15.9. The van der Waals surface area contributed by atoms with E-state index in [0.29, 0.717) is 6.61 Å². The van der Waals surface area contributed by atoms with Gasteiger partial charge in [0.2, 0.25) is 0 Å². The van der Waals surface area contributed by atoms with Crippen LogP contribution in [0.2, 0.25) is 0 Å². The summed E-state index contributed by atoms with van der Waals surface area (Å²) in [6, 6.07) is 0. The zero-order valence-corrected chi connectivity index (χ0v) is 22.2. The van der Waals surface area contributed by atoms with Gasteiger partial charge in [0.1, 0.15) is 0 Å². The number of unbranched alkanes of at least 4 members (excludes halogenated alkanes) is 2. The first-order chi connectivity index (χ1) is 13.1. The van der Waals surface area contributed by atoms with Crippen LogP contribution in [0.3, 0.4) is 0 Å². The van der Waals surface area contributed by atoms with Gasteiger partial charge in [-0.2, -0.15) is 0 Å². The van der Waals surface area contributed by atoms with Gasteiger partial charge in [-0.15, -0.1) is 0 Å². The Morgan fingerprint density at radius 2 is 1.43 bits per heavy atom. The number of hydrogen-bond donors (Lipinski definition) is 0. The van der Waals surface area contributed by atoms with Crippen molar-refractivity contribution in [1.29, 1.82) is 0 Å². The fourth-order valence-electron chi connectivity index (χ4n) is 4.20.